The number of aliphatic hydroxyl groups is 1. The summed E-state index contributed by atoms with van der Waals surface area (Å²) < 4.78 is 19.2. The maximum atomic E-state index is 9.37. The van der Waals surface area contributed by atoms with Crippen LogP contribution >= 0.6 is 0 Å². The van der Waals surface area contributed by atoms with Gasteiger partial charge in [0.25, 0.3) is 0 Å². The number of anilines is 1. The molecule has 0 saturated carbocycles. The van der Waals surface area contributed by atoms with E-state index in [1.54, 1.807) is 7.11 Å². The predicted molar refractivity (Wildman–Crippen MR) is 215 cm³/mol. The van der Waals surface area contributed by atoms with Crippen molar-refractivity contribution in [2.24, 2.45) is 0 Å². The maximum absolute atomic E-state index is 9.37. The third kappa shape index (κ3) is 5.49. The van der Waals surface area contributed by atoms with Crippen LogP contribution in [0.1, 0.15) is 60.9 Å². The van der Waals surface area contributed by atoms with Gasteiger partial charge in [-0.3, -0.25) is 0 Å². The summed E-state index contributed by atoms with van der Waals surface area (Å²) in [5.74, 6) is 2.40. The molecule has 1 aliphatic carbocycles. The van der Waals surface area contributed by atoms with Gasteiger partial charge in [-0.2, -0.15) is 0 Å². The zero-order valence-electron chi connectivity index (χ0n) is 30.7. The van der Waals surface area contributed by atoms with Gasteiger partial charge in [-0.05, 0) is 113 Å². The average Bonchev–Trinajstić information content (AvgIpc) is 3.46. The first kappa shape index (κ1) is 33.3. The van der Waals surface area contributed by atoms with Crippen molar-refractivity contribution >= 4 is 22.5 Å². The fraction of sp³-hybridized carbons (Fsp3) is 0.250. The van der Waals surface area contributed by atoms with Crippen LogP contribution < -0.4 is 19.1 Å². The molecule has 0 spiro atoms. The lowest BCUT2D eigenvalue weighted by Crippen LogP contribution is -2.35. The lowest BCUT2D eigenvalue weighted by molar-refractivity contribution is 0.163. The molecule has 3 aliphatic rings. The molecule has 266 valence electrons. The van der Waals surface area contributed by atoms with Crippen molar-refractivity contribution in [1.29, 1.82) is 0 Å². The summed E-state index contributed by atoms with van der Waals surface area (Å²) in [5.41, 5.74) is 10.7. The van der Waals surface area contributed by atoms with Gasteiger partial charge in [0.2, 0.25) is 0 Å². The Bertz CT molecular complexity index is 2340. The Labute approximate surface area is 312 Å². The maximum Gasteiger partial charge on any atom is 0.178 e. The lowest BCUT2D eigenvalue weighted by Gasteiger charge is -2.39. The number of ether oxygens (including phenoxy) is 3. The minimum Gasteiger partial charge on any atom is -0.497 e. The van der Waals surface area contributed by atoms with E-state index in [-0.39, 0.29) is 18.6 Å². The Kier molecular flexibility index (Phi) is 8.27. The topological polar surface area (TPSA) is 51.2 Å². The zero-order valence-corrected chi connectivity index (χ0v) is 30.7. The smallest absolute Gasteiger partial charge is 0.178 e. The van der Waals surface area contributed by atoms with Gasteiger partial charge in [-0.25, -0.2) is 0 Å². The number of fused-ring (bicyclic) bond motifs is 8. The van der Waals surface area contributed by atoms with Gasteiger partial charge >= 0.3 is 0 Å². The van der Waals surface area contributed by atoms with Crippen LogP contribution in [0.3, 0.4) is 0 Å². The van der Waals surface area contributed by atoms with E-state index < -0.39 is 5.60 Å². The second-order valence-electron chi connectivity index (χ2n) is 15.0. The standard InChI is InChI=1S/C48H45NO4/c1-47(2)43-30-33(32-10-6-4-7-11-32)12-22-40(43)44-42-31-38(51-3)21-23-39(42)46-41(45(44)47)24-25-48(53-46,35-15-19-37(20-16-35)52-29-28-50)34-13-17-36(18-14-34)49-26-8-5-9-27-49/h4,6-7,10-25,30-31,50H,5,8-9,26-29H2,1-3H3. The summed E-state index contributed by atoms with van der Waals surface area (Å²) in [6.45, 7) is 7.09. The summed E-state index contributed by atoms with van der Waals surface area (Å²) in [4.78, 5) is 2.49. The molecule has 0 aromatic heterocycles. The Hall–Kier alpha value is -5.52. The van der Waals surface area contributed by atoms with E-state index >= 15 is 0 Å². The van der Waals surface area contributed by atoms with Gasteiger partial charge in [-0.15, -0.1) is 0 Å². The quantitative estimate of drug-likeness (QED) is 0.171. The van der Waals surface area contributed by atoms with Crippen molar-refractivity contribution in [3.05, 3.63) is 149 Å². The molecule has 5 heteroatoms. The largest absolute Gasteiger partial charge is 0.497 e. The van der Waals surface area contributed by atoms with Gasteiger partial charge in [0.05, 0.1) is 13.7 Å². The van der Waals surface area contributed by atoms with E-state index in [9.17, 15) is 5.11 Å². The molecule has 1 fully saturated rings. The van der Waals surface area contributed by atoms with Gasteiger partial charge in [-0.1, -0.05) is 86.7 Å². The van der Waals surface area contributed by atoms with Crippen LogP contribution in [0.2, 0.25) is 0 Å². The Morgan fingerprint density at radius 1 is 0.736 bits per heavy atom. The zero-order chi connectivity index (χ0) is 36.2. The molecule has 0 radical (unpaired) electrons. The minimum absolute atomic E-state index is 0.0341. The fourth-order valence-corrected chi connectivity index (χ4v) is 8.91. The highest BCUT2D eigenvalue weighted by molar-refractivity contribution is 6.09. The summed E-state index contributed by atoms with van der Waals surface area (Å²) in [7, 11) is 1.73. The third-order valence-corrected chi connectivity index (χ3v) is 11.6. The highest BCUT2D eigenvalue weighted by Gasteiger charge is 2.44. The number of aliphatic hydroxyl groups excluding tert-OH is 1. The molecular formula is C48H45NO4. The van der Waals surface area contributed by atoms with Crippen molar-refractivity contribution in [1.82, 2.24) is 0 Å². The lowest BCUT2D eigenvalue weighted by atomic mass is 9.76. The van der Waals surface area contributed by atoms with Crippen LogP contribution in [0.5, 0.6) is 17.2 Å². The Balaban J connectivity index is 1.24. The summed E-state index contributed by atoms with van der Waals surface area (Å²) in [6, 6.07) is 41.0. The van der Waals surface area contributed by atoms with Crippen LogP contribution in [0.4, 0.5) is 5.69 Å². The van der Waals surface area contributed by atoms with Crippen LogP contribution in [0.25, 0.3) is 39.1 Å². The number of nitrogens with zero attached hydrogens (tertiary/aromatic N) is 1. The summed E-state index contributed by atoms with van der Waals surface area (Å²) in [6.07, 6.45) is 8.32. The van der Waals surface area contributed by atoms with Crippen LogP contribution in [-0.4, -0.2) is 38.5 Å². The van der Waals surface area contributed by atoms with E-state index in [1.807, 2.05) is 18.2 Å². The van der Waals surface area contributed by atoms with Crippen molar-refractivity contribution in [2.75, 3.05) is 38.3 Å². The first-order chi connectivity index (χ1) is 25.9. The summed E-state index contributed by atoms with van der Waals surface area (Å²) in [5, 5.41) is 11.5. The predicted octanol–water partition coefficient (Wildman–Crippen LogP) is 10.5. The molecule has 6 aromatic carbocycles. The van der Waals surface area contributed by atoms with E-state index in [0.717, 1.165) is 52.1 Å². The molecule has 1 saturated heterocycles. The van der Waals surface area contributed by atoms with Crippen LogP contribution in [-0.2, 0) is 11.0 Å². The van der Waals surface area contributed by atoms with Crippen molar-refractivity contribution in [3.63, 3.8) is 0 Å². The second kappa shape index (κ2) is 13.2. The van der Waals surface area contributed by atoms with Crippen LogP contribution in [0, 0.1) is 0 Å². The van der Waals surface area contributed by atoms with Crippen molar-refractivity contribution < 1.29 is 19.3 Å². The van der Waals surface area contributed by atoms with E-state index in [4.69, 9.17) is 14.2 Å². The average molecular weight is 700 g/mol. The molecule has 1 unspecified atom stereocenters. The first-order valence-electron chi connectivity index (χ1n) is 18.9. The van der Waals surface area contributed by atoms with E-state index in [0.29, 0.717) is 5.75 Å². The molecule has 2 aliphatic heterocycles. The van der Waals surface area contributed by atoms with Gasteiger partial charge in [0, 0.05) is 46.3 Å². The minimum atomic E-state index is -0.903. The first-order valence-corrected chi connectivity index (χ1v) is 18.9. The third-order valence-electron chi connectivity index (χ3n) is 11.6. The Morgan fingerprint density at radius 2 is 1.45 bits per heavy atom. The van der Waals surface area contributed by atoms with Gasteiger partial charge in [0.1, 0.15) is 23.9 Å². The van der Waals surface area contributed by atoms with E-state index in [1.165, 1.54) is 58.3 Å². The molecule has 1 atom stereocenters. The number of methoxy groups -OCH3 is 1. The van der Waals surface area contributed by atoms with Crippen LogP contribution in [0.15, 0.2) is 121 Å². The van der Waals surface area contributed by atoms with Gasteiger partial charge in [0.15, 0.2) is 5.60 Å². The number of benzene rings is 6. The second-order valence-corrected chi connectivity index (χ2v) is 15.0. The SMILES string of the molecule is COc1ccc2c3c(c4c(c2c1)-c1ccc(-c2ccccc2)cc1C4(C)C)C=CC(c1ccc(OCCO)cc1)(c1ccc(N2CCCCC2)cc1)O3. The monoisotopic (exact) mass is 699 g/mol. The molecule has 1 N–H and O–H groups in total. The molecule has 0 bridgehead atoms. The number of hydrogen-bond donors (Lipinski definition) is 1. The highest BCUT2D eigenvalue weighted by atomic mass is 16.5. The fourth-order valence-electron chi connectivity index (χ4n) is 8.91. The van der Waals surface area contributed by atoms with E-state index in [2.05, 4.69) is 128 Å². The highest BCUT2D eigenvalue weighted by Crippen LogP contribution is 2.59. The molecular weight excluding hydrogens is 655 g/mol. The molecule has 5 nitrogen and oxygen atoms in total. The molecule has 6 aromatic rings. The number of hydrogen-bond acceptors (Lipinski definition) is 5. The van der Waals surface area contributed by atoms with Crippen molar-refractivity contribution in [3.8, 4) is 39.5 Å². The van der Waals surface area contributed by atoms with Gasteiger partial charge < -0.3 is 24.2 Å². The summed E-state index contributed by atoms with van der Waals surface area (Å²) >= 11 is 0. The Morgan fingerprint density at radius 3 is 2.17 bits per heavy atom. The number of piperidine rings is 1. The molecule has 9 rings (SSSR count). The molecule has 2 heterocycles. The van der Waals surface area contributed by atoms with Crippen molar-refractivity contribution in [2.45, 2.75) is 44.1 Å². The molecule has 53 heavy (non-hydrogen) atoms. The molecule has 0 amide bonds. The number of rotatable bonds is 8. The normalized spacial score (nSPS) is 18.2.